The van der Waals surface area contributed by atoms with E-state index in [1.807, 2.05) is 13.8 Å². The molecule has 2 N–H and O–H groups in total. The fraction of sp³-hybridized carbons (Fsp3) is 0.455. The van der Waals surface area contributed by atoms with Gasteiger partial charge in [-0.1, -0.05) is 26.0 Å². The summed E-state index contributed by atoms with van der Waals surface area (Å²) in [6.07, 6.45) is 0. The minimum Gasteiger partial charge on any atom is -0.506 e. The topological polar surface area (TPSA) is 66.4 Å². The maximum absolute atomic E-state index is 11.7. The normalized spacial score (nSPS) is 11.8. The molecule has 0 heterocycles. The van der Waals surface area contributed by atoms with Crippen LogP contribution in [0.3, 0.4) is 0 Å². The van der Waals surface area contributed by atoms with Crippen molar-refractivity contribution in [1.82, 2.24) is 0 Å². The van der Waals surface area contributed by atoms with Gasteiger partial charge in [-0.05, 0) is 24.5 Å². The van der Waals surface area contributed by atoms with E-state index in [1.54, 1.807) is 19.1 Å². The molecule has 0 unspecified atom stereocenters. The number of rotatable bonds is 4. The predicted molar refractivity (Wildman–Crippen MR) is 65.1 cm³/mol. The molecule has 0 aliphatic rings. The number of sulfonamides is 1. The number of phenols is 1. The second-order valence-electron chi connectivity index (χ2n) is 4.25. The van der Waals surface area contributed by atoms with Crippen LogP contribution in [0, 0.1) is 12.8 Å². The Labute approximate surface area is 96.4 Å². The average molecular weight is 243 g/mol. The van der Waals surface area contributed by atoms with Gasteiger partial charge in [0.1, 0.15) is 5.75 Å². The largest absolute Gasteiger partial charge is 0.506 e. The summed E-state index contributed by atoms with van der Waals surface area (Å²) >= 11 is 0. The Balaban J connectivity index is 2.97. The number of benzene rings is 1. The number of nitrogens with one attached hydrogen (secondary N) is 1. The summed E-state index contributed by atoms with van der Waals surface area (Å²) in [5.74, 6) is 0.0387. The molecule has 4 nitrogen and oxygen atoms in total. The third-order valence-corrected chi connectivity index (χ3v) is 3.68. The van der Waals surface area contributed by atoms with Crippen LogP contribution in [-0.2, 0) is 10.0 Å². The van der Waals surface area contributed by atoms with E-state index < -0.39 is 10.0 Å². The fourth-order valence-electron chi connectivity index (χ4n) is 1.42. The molecule has 1 aromatic carbocycles. The molecule has 0 fully saturated rings. The number of hydrogen-bond donors (Lipinski definition) is 2. The van der Waals surface area contributed by atoms with E-state index in [4.69, 9.17) is 0 Å². The predicted octanol–water partition coefficient (Wildman–Crippen LogP) is 2.10. The summed E-state index contributed by atoms with van der Waals surface area (Å²) in [6.45, 7) is 5.40. The quantitative estimate of drug-likeness (QED) is 0.796. The minimum absolute atomic E-state index is 0.0424. The third-order valence-electron chi connectivity index (χ3n) is 2.06. The van der Waals surface area contributed by atoms with Crippen LogP contribution in [0.5, 0.6) is 5.75 Å². The summed E-state index contributed by atoms with van der Waals surface area (Å²) in [4.78, 5) is 0. The van der Waals surface area contributed by atoms with Gasteiger partial charge in [-0.2, -0.15) is 0 Å². The zero-order valence-electron chi connectivity index (χ0n) is 9.69. The van der Waals surface area contributed by atoms with E-state index in [0.717, 1.165) is 0 Å². The average Bonchev–Trinajstić information content (AvgIpc) is 2.09. The molecule has 0 atom stereocenters. The van der Waals surface area contributed by atoms with E-state index in [1.165, 1.54) is 6.07 Å². The molecule has 0 radical (unpaired) electrons. The Morgan fingerprint density at radius 3 is 2.50 bits per heavy atom. The maximum atomic E-state index is 11.7. The molecular weight excluding hydrogens is 226 g/mol. The molecule has 1 rings (SSSR count). The van der Waals surface area contributed by atoms with E-state index >= 15 is 0 Å². The molecule has 90 valence electrons. The molecule has 0 saturated heterocycles. The summed E-state index contributed by atoms with van der Waals surface area (Å²) in [7, 11) is -3.39. The number of phenolic OH excluding ortho intramolecular Hbond substituents is 1. The van der Waals surface area contributed by atoms with Crippen LogP contribution in [0.25, 0.3) is 0 Å². The molecule has 5 heteroatoms. The zero-order chi connectivity index (χ0) is 12.3. The van der Waals surface area contributed by atoms with Gasteiger partial charge in [0.25, 0.3) is 0 Å². The van der Waals surface area contributed by atoms with Crippen molar-refractivity contribution in [3.63, 3.8) is 0 Å². The molecule has 0 aliphatic heterocycles. The van der Waals surface area contributed by atoms with E-state index in [9.17, 15) is 13.5 Å². The van der Waals surface area contributed by atoms with Crippen molar-refractivity contribution in [2.45, 2.75) is 20.8 Å². The second kappa shape index (κ2) is 4.74. The van der Waals surface area contributed by atoms with Gasteiger partial charge in [-0.3, -0.25) is 4.72 Å². The van der Waals surface area contributed by atoms with Crippen molar-refractivity contribution in [3.8, 4) is 5.75 Å². The number of anilines is 1. The van der Waals surface area contributed by atoms with Crippen molar-refractivity contribution in [1.29, 1.82) is 0 Å². The van der Waals surface area contributed by atoms with Crippen molar-refractivity contribution < 1.29 is 13.5 Å². The third kappa shape index (κ3) is 3.41. The first-order valence-corrected chi connectivity index (χ1v) is 6.76. The lowest BCUT2D eigenvalue weighted by molar-refractivity contribution is 0.477. The number of hydrogen-bond acceptors (Lipinski definition) is 3. The molecule has 16 heavy (non-hydrogen) atoms. The molecule has 0 bridgehead atoms. The fourth-order valence-corrected chi connectivity index (χ4v) is 2.96. The Hall–Kier alpha value is -1.23. The molecule has 0 aromatic heterocycles. The van der Waals surface area contributed by atoms with Gasteiger partial charge < -0.3 is 5.11 Å². The lowest BCUT2D eigenvalue weighted by Gasteiger charge is -2.13. The SMILES string of the molecule is Cc1cccc(O)c1NS(=O)(=O)CC(C)C. The summed E-state index contributed by atoms with van der Waals surface area (Å²) in [5, 5.41) is 9.56. The van der Waals surface area contributed by atoms with Crippen LogP contribution in [0.2, 0.25) is 0 Å². The Morgan fingerprint density at radius 2 is 2.00 bits per heavy atom. The lowest BCUT2D eigenvalue weighted by Crippen LogP contribution is -2.20. The second-order valence-corrected chi connectivity index (χ2v) is 6.01. The van der Waals surface area contributed by atoms with Crippen LogP contribution in [0.1, 0.15) is 19.4 Å². The molecule has 0 saturated carbocycles. The van der Waals surface area contributed by atoms with E-state index in [0.29, 0.717) is 5.56 Å². The van der Waals surface area contributed by atoms with Crippen molar-refractivity contribution >= 4 is 15.7 Å². The summed E-state index contributed by atoms with van der Waals surface area (Å²) in [6, 6.07) is 4.87. The van der Waals surface area contributed by atoms with Gasteiger partial charge in [0, 0.05) is 0 Å². The molecule has 0 spiro atoms. The van der Waals surface area contributed by atoms with E-state index in [-0.39, 0.29) is 23.1 Å². The van der Waals surface area contributed by atoms with Crippen LogP contribution in [-0.4, -0.2) is 19.3 Å². The first kappa shape index (κ1) is 12.8. The first-order chi connectivity index (χ1) is 7.32. The van der Waals surface area contributed by atoms with Gasteiger partial charge in [0.05, 0.1) is 11.4 Å². The monoisotopic (exact) mass is 243 g/mol. The molecule has 1 aromatic rings. The number of aryl methyl sites for hydroxylation is 1. The van der Waals surface area contributed by atoms with Gasteiger partial charge >= 0.3 is 0 Å². The zero-order valence-corrected chi connectivity index (χ0v) is 10.5. The number of para-hydroxylation sites is 1. The first-order valence-electron chi connectivity index (χ1n) is 5.11. The van der Waals surface area contributed by atoms with Gasteiger partial charge in [0.2, 0.25) is 10.0 Å². The highest BCUT2D eigenvalue weighted by Crippen LogP contribution is 2.27. The van der Waals surface area contributed by atoms with Gasteiger partial charge in [-0.15, -0.1) is 0 Å². The highest BCUT2D eigenvalue weighted by Gasteiger charge is 2.15. The summed E-state index contributed by atoms with van der Waals surface area (Å²) < 4.78 is 25.8. The molecular formula is C11H17NO3S. The molecule has 0 aliphatic carbocycles. The van der Waals surface area contributed by atoms with Gasteiger partial charge in [-0.25, -0.2) is 8.42 Å². The van der Waals surface area contributed by atoms with Crippen LogP contribution in [0.15, 0.2) is 18.2 Å². The maximum Gasteiger partial charge on any atom is 0.233 e. The summed E-state index contributed by atoms with van der Waals surface area (Å²) in [5.41, 5.74) is 0.968. The van der Waals surface area contributed by atoms with Crippen molar-refractivity contribution in [2.24, 2.45) is 5.92 Å². The van der Waals surface area contributed by atoms with Crippen LogP contribution < -0.4 is 4.72 Å². The Morgan fingerprint density at radius 1 is 1.38 bits per heavy atom. The standard InChI is InChI=1S/C11H17NO3S/c1-8(2)7-16(14,15)12-11-9(3)5-4-6-10(11)13/h4-6,8,12-13H,7H2,1-3H3. The smallest absolute Gasteiger partial charge is 0.233 e. The minimum atomic E-state index is -3.39. The Kier molecular flexibility index (Phi) is 3.80. The Bertz CT molecular complexity index is 446. The molecule has 0 amide bonds. The van der Waals surface area contributed by atoms with Crippen molar-refractivity contribution in [2.75, 3.05) is 10.5 Å². The van der Waals surface area contributed by atoms with Crippen LogP contribution in [0.4, 0.5) is 5.69 Å². The highest BCUT2D eigenvalue weighted by atomic mass is 32.2. The van der Waals surface area contributed by atoms with Crippen molar-refractivity contribution in [3.05, 3.63) is 23.8 Å². The van der Waals surface area contributed by atoms with E-state index in [2.05, 4.69) is 4.72 Å². The lowest BCUT2D eigenvalue weighted by atomic mass is 10.2. The van der Waals surface area contributed by atoms with Crippen LogP contribution >= 0.6 is 0 Å². The van der Waals surface area contributed by atoms with Gasteiger partial charge in [0.15, 0.2) is 0 Å². The highest BCUT2D eigenvalue weighted by molar-refractivity contribution is 7.92. The number of aromatic hydroxyl groups is 1.